The van der Waals surface area contributed by atoms with E-state index in [1.165, 1.54) is 31.2 Å². The Labute approximate surface area is 130 Å². The Balaban J connectivity index is 1.81. The number of hydrogen-bond acceptors (Lipinski definition) is 2. The van der Waals surface area contributed by atoms with Crippen LogP contribution in [0.2, 0.25) is 0 Å². The van der Waals surface area contributed by atoms with E-state index in [4.69, 9.17) is 0 Å². The molecule has 0 amide bonds. The summed E-state index contributed by atoms with van der Waals surface area (Å²) >= 11 is 0. The van der Waals surface area contributed by atoms with Gasteiger partial charge in [-0.15, -0.1) is 0 Å². The van der Waals surface area contributed by atoms with Gasteiger partial charge < -0.3 is 10.4 Å². The zero-order valence-corrected chi connectivity index (χ0v) is 13.8. The largest absolute Gasteiger partial charge is 0.395 e. The lowest BCUT2D eigenvalue weighted by Crippen LogP contribution is -2.44. The second-order valence-corrected chi connectivity index (χ2v) is 7.65. The quantitative estimate of drug-likeness (QED) is 0.864. The fourth-order valence-corrected chi connectivity index (χ4v) is 3.53. The van der Waals surface area contributed by atoms with Gasteiger partial charge in [0.2, 0.25) is 0 Å². The van der Waals surface area contributed by atoms with E-state index in [0.29, 0.717) is 11.5 Å². The Hall–Kier alpha value is -0.860. The van der Waals surface area contributed by atoms with Gasteiger partial charge in [-0.05, 0) is 49.0 Å². The third-order valence-corrected chi connectivity index (χ3v) is 4.97. The van der Waals surface area contributed by atoms with Gasteiger partial charge in [0.25, 0.3) is 0 Å². The molecule has 0 spiro atoms. The number of nitrogens with one attached hydrogen (secondary N) is 1. The van der Waals surface area contributed by atoms with Gasteiger partial charge in [-0.25, -0.2) is 0 Å². The molecular formula is C19H31NO. The maximum absolute atomic E-state index is 9.64. The Morgan fingerprint density at radius 3 is 2.24 bits per heavy atom. The van der Waals surface area contributed by atoms with E-state index >= 15 is 0 Å². The molecule has 21 heavy (non-hydrogen) atoms. The molecule has 2 rings (SSSR count). The smallest absolute Gasteiger partial charge is 0.0587 e. The van der Waals surface area contributed by atoms with Crippen LogP contribution in [0.25, 0.3) is 0 Å². The third kappa shape index (κ3) is 5.12. The van der Waals surface area contributed by atoms with E-state index in [9.17, 15) is 5.11 Å². The molecule has 2 N–H and O–H groups in total. The van der Waals surface area contributed by atoms with Gasteiger partial charge in [-0.2, -0.15) is 0 Å². The fourth-order valence-electron chi connectivity index (χ4n) is 3.53. The van der Waals surface area contributed by atoms with Gasteiger partial charge in [0, 0.05) is 12.1 Å². The minimum absolute atomic E-state index is 0.184. The molecule has 0 saturated heterocycles. The van der Waals surface area contributed by atoms with Crippen molar-refractivity contribution in [2.24, 2.45) is 11.3 Å². The SMILES string of the molecule is CC(C)(C)C1CCC(N[C@@H](CO)Cc2ccccc2)CC1. The molecule has 0 radical (unpaired) electrons. The first-order valence-corrected chi connectivity index (χ1v) is 8.40. The maximum atomic E-state index is 9.64. The minimum atomic E-state index is 0.184. The van der Waals surface area contributed by atoms with E-state index in [1.54, 1.807) is 0 Å². The summed E-state index contributed by atoms with van der Waals surface area (Å²) in [5.41, 5.74) is 1.73. The lowest BCUT2D eigenvalue weighted by atomic mass is 9.71. The molecule has 2 nitrogen and oxygen atoms in total. The standard InChI is InChI=1S/C19H31NO/c1-19(2,3)16-9-11-17(12-10-16)20-18(14-21)13-15-7-5-4-6-8-15/h4-8,16-18,20-21H,9-14H2,1-3H3/t16?,17?,18-/m1/s1. The van der Waals surface area contributed by atoms with Gasteiger partial charge in [-0.1, -0.05) is 51.1 Å². The monoisotopic (exact) mass is 289 g/mol. The molecular weight excluding hydrogens is 258 g/mol. The van der Waals surface area contributed by atoms with Crippen LogP contribution in [0.4, 0.5) is 0 Å². The van der Waals surface area contributed by atoms with Crippen molar-refractivity contribution in [3.63, 3.8) is 0 Å². The molecule has 0 heterocycles. The lowest BCUT2D eigenvalue weighted by Gasteiger charge is -2.38. The normalized spacial score (nSPS) is 24.8. The Morgan fingerprint density at radius 1 is 1.10 bits per heavy atom. The number of aliphatic hydroxyl groups excluding tert-OH is 1. The summed E-state index contributed by atoms with van der Waals surface area (Å²) in [4.78, 5) is 0. The summed E-state index contributed by atoms with van der Waals surface area (Å²) in [5.74, 6) is 0.845. The van der Waals surface area contributed by atoms with Crippen molar-refractivity contribution in [1.82, 2.24) is 5.32 Å². The predicted molar refractivity (Wildman–Crippen MR) is 89.4 cm³/mol. The van der Waals surface area contributed by atoms with Gasteiger partial charge in [-0.3, -0.25) is 0 Å². The molecule has 118 valence electrons. The van der Waals surface area contributed by atoms with Crippen LogP contribution in [0.15, 0.2) is 30.3 Å². The summed E-state index contributed by atoms with van der Waals surface area (Å²) < 4.78 is 0. The van der Waals surface area contributed by atoms with Crippen LogP contribution in [-0.4, -0.2) is 23.8 Å². The number of aliphatic hydroxyl groups is 1. The molecule has 0 aliphatic heterocycles. The fraction of sp³-hybridized carbons (Fsp3) is 0.684. The van der Waals surface area contributed by atoms with Gasteiger partial charge in [0.15, 0.2) is 0 Å². The van der Waals surface area contributed by atoms with E-state index in [2.05, 4.69) is 50.4 Å². The van der Waals surface area contributed by atoms with Crippen LogP contribution in [0, 0.1) is 11.3 Å². The van der Waals surface area contributed by atoms with Crippen molar-refractivity contribution in [3.8, 4) is 0 Å². The second-order valence-electron chi connectivity index (χ2n) is 7.65. The zero-order chi connectivity index (χ0) is 15.3. The van der Waals surface area contributed by atoms with Gasteiger partial charge >= 0.3 is 0 Å². The summed E-state index contributed by atoms with van der Waals surface area (Å²) in [6, 6.07) is 11.2. The molecule has 1 saturated carbocycles. The topological polar surface area (TPSA) is 32.3 Å². The van der Waals surface area contributed by atoms with Gasteiger partial charge in [0.1, 0.15) is 0 Å². The number of benzene rings is 1. The number of rotatable bonds is 5. The van der Waals surface area contributed by atoms with E-state index in [-0.39, 0.29) is 12.6 Å². The average Bonchev–Trinajstić information content (AvgIpc) is 2.47. The summed E-state index contributed by atoms with van der Waals surface area (Å²) in [5, 5.41) is 13.3. The summed E-state index contributed by atoms with van der Waals surface area (Å²) in [6.45, 7) is 7.29. The molecule has 1 aliphatic rings. The van der Waals surface area contributed by atoms with Gasteiger partial charge in [0.05, 0.1) is 6.61 Å². The van der Waals surface area contributed by atoms with Crippen LogP contribution in [0.3, 0.4) is 0 Å². The van der Waals surface area contributed by atoms with Crippen molar-refractivity contribution in [3.05, 3.63) is 35.9 Å². The Morgan fingerprint density at radius 2 is 1.71 bits per heavy atom. The minimum Gasteiger partial charge on any atom is -0.395 e. The van der Waals surface area contributed by atoms with Crippen LogP contribution >= 0.6 is 0 Å². The van der Waals surface area contributed by atoms with Crippen LogP contribution in [0.5, 0.6) is 0 Å². The van der Waals surface area contributed by atoms with Crippen molar-refractivity contribution < 1.29 is 5.11 Å². The first-order valence-electron chi connectivity index (χ1n) is 8.40. The third-order valence-electron chi connectivity index (χ3n) is 4.97. The Kier molecular flexibility index (Phi) is 5.83. The van der Waals surface area contributed by atoms with Crippen molar-refractivity contribution in [1.29, 1.82) is 0 Å². The molecule has 2 heteroatoms. The Bertz CT molecular complexity index is 401. The summed E-state index contributed by atoms with van der Waals surface area (Å²) in [6.07, 6.45) is 6.02. The number of hydrogen-bond donors (Lipinski definition) is 2. The first-order chi connectivity index (χ1) is 9.99. The molecule has 1 atom stereocenters. The lowest BCUT2D eigenvalue weighted by molar-refractivity contribution is 0.147. The van der Waals surface area contributed by atoms with E-state index < -0.39 is 0 Å². The molecule has 1 fully saturated rings. The highest BCUT2D eigenvalue weighted by Crippen LogP contribution is 2.37. The van der Waals surface area contributed by atoms with Crippen LogP contribution in [-0.2, 0) is 6.42 Å². The maximum Gasteiger partial charge on any atom is 0.0587 e. The second kappa shape index (κ2) is 7.42. The van der Waals surface area contributed by atoms with Crippen LogP contribution in [0.1, 0.15) is 52.0 Å². The molecule has 0 bridgehead atoms. The van der Waals surface area contributed by atoms with Crippen LogP contribution < -0.4 is 5.32 Å². The highest BCUT2D eigenvalue weighted by Gasteiger charge is 2.30. The molecule has 0 unspecified atom stereocenters. The van der Waals surface area contributed by atoms with Crippen molar-refractivity contribution in [2.45, 2.75) is 65.0 Å². The van der Waals surface area contributed by atoms with Crippen molar-refractivity contribution >= 4 is 0 Å². The first kappa shape index (κ1) is 16.5. The summed E-state index contributed by atoms with van der Waals surface area (Å²) in [7, 11) is 0. The molecule has 0 aromatic heterocycles. The molecule has 1 aromatic rings. The highest BCUT2D eigenvalue weighted by molar-refractivity contribution is 5.16. The average molecular weight is 289 g/mol. The van der Waals surface area contributed by atoms with Crippen molar-refractivity contribution in [2.75, 3.05) is 6.61 Å². The highest BCUT2D eigenvalue weighted by atomic mass is 16.3. The zero-order valence-electron chi connectivity index (χ0n) is 13.8. The molecule has 1 aliphatic carbocycles. The van der Waals surface area contributed by atoms with E-state index in [1.807, 2.05) is 6.07 Å². The van der Waals surface area contributed by atoms with E-state index in [0.717, 1.165) is 12.3 Å². The molecule has 1 aromatic carbocycles. The predicted octanol–water partition coefficient (Wildman–Crippen LogP) is 3.78.